The van der Waals surface area contributed by atoms with E-state index in [1.54, 1.807) is 0 Å². The summed E-state index contributed by atoms with van der Waals surface area (Å²) in [5.74, 6) is 0. The van der Waals surface area contributed by atoms with Crippen LogP contribution in [0.4, 0.5) is 0 Å². The zero-order valence-corrected chi connectivity index (χ0v) is 12.0. The lowest BCUT2D eigenvalue weighted by atomic mass is 9.84. The van der Waals surface area contributed by atoms with Crippen LogP contribution < -0.4 is 0 Å². The van der Waals surface area contributed by atoms with Crippen LogP contribution in [0.15, 0.2) is 0 Å². The summed E-state index contributed by atoms with van der Waals surface area (Å²) in [5, 5.41) is 0. The van der Waals surface area contributed by atoms with Gasteiger partial charge < -0.3 is 4.74 Å². The molecule has 0 saturated carbocycles. The summed E-state index contributed by atoms with van der Waals surface area (Å²) in [6.45, 7) is 10.7. The molecule has 100 valence electrons. The first-order chi connectivity index (χ1) is 7.79. The monoisotopic (exact) mass is 261 g/mol. The van der Waals surface area contributed by atoms with Crippen molar-refractivity contribution in [2.45, 2.75) is 49.7 Å². The maximum atomic E-state index is 12.4. The first-order valence-electron chi connectivity index (χ1n) is 6.35. The Morgan fingerprint density at radius 3 is 2.24 bits per heavy atom. The van der Waals surface area contributed by atoms with Gasteiger partial charge in [-0.05, 0) is 27.2 Å². The third-order valence-electron chi connectivity index (χ3n) is 4.66. The maximum absolute atomic E-state index is 12.4. The van der Waals surface area contributed by atoms with E-state index in [2.05, 4.69) is 4.90 Å². The zero-order valence-electron chi connectivity index (χ0n) is 11.2. The van der Waals surface area contributed by atoms with Gasteiger partial charge in [-0.2, -0.15) is 0 Å². The molecule has 0 bridgehead atoms. The largest absolute Gasteiger partial charge is 0.379 e. The standard InChI is InChI=1S/C12H23NO3S/c1-5-12(4)10(11(2,3)17(12,14)15)13-6-8-16-9-7-13/h10H,5-9H2,1-4H3. The molecular weight excluding hydrogens is 238 g/mol. The quantitative estimate of drug-likeness (QED) is 0.746. The van der Waals surface area contributed by atoms with Gasteiger partial charge in [-0.3, -0.25) is 4.90 Å². The molecule has 0 radical (unpaired) electrons. The molecule has 0 amide bonds. The molecule has 0 aromatic carbocycles. The van der Waals surface area contributed by atoms with Crippen LogP contribution in [-0.2, 0) is 14.6 Å². The number of morpholine rings is 1. The number of sulfone groups is 1. The van der Waals surface area contributed by atoms with Crippen molar-refractivity contribution in [3.05, 3.63) is 0 Å². The van der Waals surface area contributed by atoms with Gasteiger partial charge in [0.25, 0.3) is 0 Å². The highest BCUT2D eigenvalue weighted by Crippen LogP contribution is 2.52. The molecule has 2 saturated heterocycles. The minimum Gasteiger partial charge on any atom is -0.379 e. The first kappa shape index (κ1) is 13.3. The van der Waals surface area contributed by atoms with Crippen LogP contribution in [0.1, 0.15) is 34.1 Å². The van der Waals surface area contributed by atoms with Crippen LogP contribution in [-0.4, -0.2) is 55.2 Å². The Bertz CT molecular complexity index is 398. The van der Waals surface area contributed by atoms with Gasteiger partial charge in [-0.1, -0.05) is 6.92 Å². The second kappa shape index (κ2) is 3.93. The van der Waals surface area contributed by atoms with Crippen LogP contribution in [0.25, 0.3) is 0 Å². The summed E-state index contributed by atoms with van der Waals surface area (Å²) in [6.07, 6.45) is 0.681. The molecule has 2 aliphatic rings. The summed E-state index contributed by atoms with van der Waals surface area (Å²) >= 11 is 0. The minimum absolute atomic E-state index is 0.119. The van der Waals surface area contributed by atoms with Crippen LogP contribution in [0.2, 0.25) is 0 Å². The molecule has 0 aromatic heterocycles. The number of rotatable bonds is 2. The van der Waals surface area contributed by atoms with Crippen molar-refractivity contribution in [3.8, 4) is 0 Å². The molecule has 2 fully saturated rings. The fourth-order valence-electron chi connectivity index (χ4n) is 3.62. The third kappa shape index (κ3) is 1.52. The average Bonchev–Trinajstić information content (AvgIpc) is 2.29. The Morgan fingerprint density at radius 2 is 1.76 bits per heavy atom. The van der Waals surface area contributed by atoms with Gasteiger partial charge >= 0.3 is 0 Å². The summed E-state index contributed by atoms with van der Waals surface area (Å²) in [7, 11) is -3.03. The molecule has 2 heterocycles. The summed E-state index contributed by atoms with van der Waals surface area (Å²) in [4.78, 5) is 2.30. The van der Waals surface area contributed by atoms with Gasteiger partial charge in [0.2, 0.25) is 0 Å². The Hall–Kier alpha value is -0.130. The lowest BCUT2D eigenvalue weighted by molar-refractivity contribution is -0.0107. The molecule has 17 heavy (non-hydrogen) atoms. The molecule has 4 nitrogen and oxygen atoms in total. The van der Waals surface area contributed by atoms with Crippen molar-refractivity contribution < 1.29 is 13.2 Å². The maximum Gasteiger partial charge on any atom is 0.164 e. The zero-order chi connectivity index (χ0) is 12.9. The molecular formula is C12H23NO3S. The van der Waals surface area contributed by atoms with Crippen molar-refractivity contribution >= 4 is 9.84 Å². The first-order valence-corrected chi connectivity index (χ1v) is 7.83. The second-order valence-corrected chi connectivity index (χ2v) is 8.82. The molecule has 0 aromatic rings. The van der Waals surface area contributed by atoms with E-state index in [4.69, 9.17) is 4.74 Å². The lowest BCUT2D eigenvalue weighted by Gasteiger charge is -2.61. The summed E-state index contributed by atoms with van der Waals surface area (Å²) in [5.41, 5.74) is 0. The van der Waals surface area contributed by atoms with Crippen molar-refractivity contribution in [2.75, 3.05) is 26.3 Å². The SMILES string of the molecule is CCC1(C)C(N2CCOCC2)C(C)(C)S1(=O)=O. The Labute approximate surface area is 104 Å². The van der Waals surface area contributed by atoms with E-state index in [0.717, 1.165) is 13.1 Å². The van der Waals surface area contributed by atoms with Crippen LogP contribution in [0.5, 0.6) is 0 Å². The molecule has 0 N–H and O–H groups in total. The Morgan fingerprint density at radius 1 is 1.24 bits per heavy atom. The topological polar surface area (TPSA) is 46.6 Å². The van der Waals surface area contributed by atoms with Crippen molar-refractivity contribution in [2.24, 2.45) is 0 Å². The van der Waals surface area contributed by atoms with E-state index in [-0.39, 0.29) is 6.04 Å². The highest BCUT2D eigenvalue weighted by Gasteiger charge is 2.70. The minimum atomic E-state index is -3.03. The van der Waals surface area contributed by atoms with Gasteiger partial charge in [0, 0.05) is 19.1 Å². The Kier molecular flexibility index (Phi) is 3.08. The normalized spacial score (nSPS) is 40.8. The molecule has 2 atom stereocenters. The van der Waals surface area contributed by atoms with Crippen molar-refractivity contribution in [1.29, 1.82) is 0 Å². The third-order valence-corrected chi connectivity index (χ3v) is 8.00. The number of hydrogen-bond acceptors (Lipinski definition) is 4. The van der Waals surface area contributed by atoms with E-state index in [0.29, 0.717) is 19.6 Å². The molecule has 2 unspecified atom stereocenters. The van der Waals surface area contributed by atoms with Gasteiger partial charge in [-0.15, -0.1) is 0 Å². The van der Waals surface area contributed by atoms with Gasteiger partial charge in [0.1, 0.15) is 0 Å². The van der Waals surface area contributed by atoms with Crippen LogP contribution in [0, 0.1) is 0 Å². The van der Waals surface area contributed by atoms with Crippen LogP contribution in [0.3, 0.4) is 0 Å². The van der Waals surface area contributed by atoms with Crippen molar-refractivity contribution in [3.63, 3.8) is 0 Å². The van der Waals surface area contributed by atoms with Gasteiger partial charge in [0.15, 0.2) is 9.84 Å². The predicted octanol–water partition coefficient (Wildman–Crippen LogP) is 1.06. The van der Waals surface area contributed by atoms with Crippen LogP contribution >= 0.6 is 0 Å². The van der Waals surface area contributed by atoms with E-state index >= 15 is 0 Å². The second-order valence-electron chi connectivity index (χ2n) is 5.82. The predicted molar refractivity (Wildman–Crippen MR) is 67.9 cm³/mol. The fraction of sp³-hybridized carbons (Fsp3) is 1.00. The lowest BCUT2D eigenvalue weighted by Crippen LogP contribution is -2.79. The van der Waals surface area contributed by atoms with Crippen molar-refractivity contribution in [1.82, 2.24) is 4.90 Å². The Balaban J connectivity index is 2.32. The number of ether oxygens (including phenoxy) is 1. The average molecular weight is 261 g/mol. The fourth-order valence-corrected chi connectivity index (χ4v) is 6.45. The highest BCUT2D eigenvalue weighted by molar-refractivity contribution is 7.95. The van der Waals surface area contributed by atoms with Gasteiger partial charge in [0.05, 0.1) is 22.7 Å². The van der Waals surface area contributed by atoms with E-state index in [1.165, 1.54) is 0 Å². The van der Waals surface area contributed by atoms with E-state index in [9.17, 15) is 8.42 Å². The molecule has 0 aliphatic carbocycles. The smallest absolute Gasteiger partial charge is 0.164 e. The molecule has 2 rings (SSSR count). The molecule has 2 aliphatic heterocycles. The highest BCUT2D eigenvalue weighted by atomic mass is 32.2. The van der Waals surface area contributed by atoms with E-state index in [1.807, 2.05) is 27.7 Å². The van der Waals surface area contributed by atoms with E-state index < -0.39 is 19.3 Å². The summed E-state index contributed by atoms with van der Waals surface area (Å²) in [6, 6.07) is 0.119. The molecule has 0 spiro atoms. The van der Waals surface area contributed by atoms with Gasteiger partial charge in [-0.25, -0.2) is 8.42 Å². The summed E-state index contributed by atoms with van der Waals surface area (Å²) < 4.78 is 29.0. The number of nitrogens with zero attached hydrogens (tertiary/aromatic N) is 1. The molecule has 5 heteroatoms. The number of hydrogen-bond donors (Lipinski definition) is 0.